The molecule has 0 radical (unpaired) electrons. The summed E-state index contributed by atoms with van der Waals surface area (Å²) in [4.78, 5) is 2.61. The summed E-state index contributed by atoms with van der Waals surface area (Å²) >= 11 is 5.67. The summed E-state index contributed by atoms with van der Waals surface area (Å²) in [6.45, 7) is 3.96. The molecular weight excluding hydrogens is 170 g/mol. The normalized spacial score (nSPS) is 35.8. The molecule has 1 saturated heterocycles. The van der Waals surface area contributed by atoms with Gasteiger partial charge in [-0.05, 0) is 37.6 Å². The number of likely N-dealkylation sites (tertiary alicyclic amines) is 1. The zero-order chi connectivity index (χ0) is 8.39. The molecule has 1 nitrogen and oxygen atoms in total. The van der Waals surface area contributed by atoms with Crippen LogP contribution in [-0.2, 0) is 0 Å². The van der Waals surface area contributed by atoms with E-state index in [1.165, 1.54) is 45.3 Å². The highest BCUT2D eigenvalue weighted by Gasteiger charge is 2.35. The Kier molecular flexibility index (Phi) is 2.92. The van der Waals surface area contributed by atoms with Crippen LogP contribution in [-0.4, -0.2) is 30.4 Å². The van der Waals surface area contributed by atoms with Gasteiger partial charge < -0.3 is 4.90 Å². The van der Waals surface area contributed by atoms with E-state index >= 15 is 0 Å². The standard InChI is InChI=1S/C10H18ClN/c11-5-2-6-12-7-9-3-1-4-10(9)8-12/h9-10H,1-8H2/t9-,10+. The number of alkyl halides is 1. The maximum Gasteiger partial charge on any atom is 0.0235 e. The summed E-state index contributed by atoms with van der Waals surface area (Å²) in [7, 11) is 0. The number of hydrogen-bond donors (Lipinski definition) is 0. The summed E-state index contributed by atoms with van der Waals surface area (Å²) in [6, 6.07) is 0. The van der Waals surface area contributed by atoms with Crippen LogP contribution in [0, 0.1) is 11.8 Å². The molecule has 0 unspecified atom stereocenters. The second-order valence-corrected chi connectivity index (χ2v) is 4.63. The molecule has 0 aromatic carbocycles. The molecule has 1 aliphatic carbocycles. The van der Waals surface area contributed by atoms with Crippen molar-refractivity contribution in [3.05, 3.63) is 0 Å². The first-order valence-corrected chi connectivity index (χ1v) is 5.72. The van der Waals surface area contributed by atoms with Crippen LogP contribution in [0.1, 0.15) is 25.7 Å². The Bertz CT molecular complexity index is 137. The fourth-order valence-electron chi connectivity index (χ4n) is 2.80. The lowest BCUT2D eigenvalue weighted by molar-refractivity contribution is 0.312. The summed E-state index contributed by atoms with van der Waals surface area (Å²) in [5.41, 5.74) is 0. The van der Waals surface area contributed by atoms with Crippen LogP contribution >= 0.6 is 11.6 Å². The van der Waals surface area contributed by atoms with Crippen LogP contribution in [0.3, 0.4) is 0 Å². The smallest absolute Gasteiger partial charge is 0.0235 e. The minimum absolute atomic E-state index is 0.825. The average molecular weight is 188 g/mol. The van der Waals surface area contributed by atoms with Gasteiger partial charge in [-0.1, -0.05) is 6.42 Å². The van der Waals surface area contributed by atoms with Crippen molar-refractivity contribution in [2.24, 2.45) is 11.8 Å². The van der Waals surface area contributed by atoms with Crippen LogP contribution in [0.25, 0.3) is 0 Å². The molecule has 2 heteroatoms. The highest BCUT2D eigenvalue weighted by atomic mass is 35.5. The summed E-state index contributed by atoms with van der Waals surface area (Å²) in [6.07, 6.45) is 5.63. The van der Waals surface area contributed by atoms with E-state index < -0.39 is 0 Å². The fourth-order valence-corrected chi connectivity index (χ4v) is 2.92. The molecule has 2 aliphatic rings. The highest BCUT2D eigenvalue weighted by molar-refractivity contribution is 6.17. The van der Waals surface area contributed by atoms with Gasteiger partial charge in [-0.2, -0.15) is 0 Å². The van der Waals surface area contributed by atoms with Gasteiger partial charge in [0.15, 0.2) is 0 Å². The molecule has 2 rings (SSSR count). The third-order valence-corrected chi connectivity index (χ3v) is 3.68. The first-order chi connectivity index (χ1) is 5.90. The Hall–Kier alpha value is 0.250. The number of rotatable bonds is 3. The topological polar surface area (TPSA) is 3.24 Å². The van der Waals surface area contributed by atoms with Crippen molar-refractivity contribution in [1.29, 1.82) is 0 Å². The van der Waals surface area contributed by atoms with Gasteiger partial charge in [0.25, 0.3) is 0 Å². The molecule has 2 atom stereocenters. The second-order valence-electron chi connectivity index (χ2n) is 4.25. The van der Waals surface area contributed by atoms with E-state index in [0.29, 0.717) is 0 Å². The van der Waals surface area contributed by atoms with Gasteiger partial charge in [0, 0.05) is 19.0 Å². The van der Waals surface area contributed by atoms with Crippen molar-refractivity contribution in [1.82, 2.24) is 4.90 Å². The van der Waals surface area contributed by atoms with Gasteiger partial charge in [-0.25, -0.2) is 0 Å². The first-order valence-electron chi connectivity index (χ1n) is 5.18. The van der Waals surface area contributed by atoms with Gasteiger partial charge in [0.05, 0.1) is 0 Å². The van der Waals surface area contributed by atoms with Crippen molar-refractivity contribution in [2.75, 3.05) is 25.5 Å². The number of nitrogens with zero attached hydrogens (tertiary/aromatic N) is 1. The van der Waals surface area contributed by atoms with E-state index in [1.54, 1.807) is 0 Å². The van der Waals surface area contributed by atoms with Crippen molar-refractivity contribution < 1.29 is 0 Å². The summed E-state index contributed by atoms with van der Waals surface area (Å²) in [5.74, 6) is 2.91. The average Bonchev–Trinajstić information content (AvgIpc) is 2.58. The highest BCUT2D eigenvalue weighted by Crippen LogP contribution is 2.37. The third kappa shape index (κ3) is 1.77. The number of halogens is 1. The second kappa shape index (κ2) is 3.97. The zero-order valence-corrected chi connectivity index (χ0v) is 8.39. The van der Waals surface area contributed by atoms with E-state index in [2.05, 4.69) is 4.90 Å². The maximum atomic E-state index is 5.67. The SMILES string of the molecule is ClCCCN1C[C@H]2CCC[C@H]2C1. The van der Waals surface area contributed by atoms with E-state index in [4.69, 9.17) is 11.6 Å². The summed E-state index contributed by atoms with van der Waals surface area (Å²) < 4.78 is 0. The van der Waals surface area contributed by atoms with E-state index in [-0.39, 0.29) is 0 Å². The van der Waals surface area contributed by atoms with Crippen LogP contribution in [0.15, 0.2) is 0 Å². The molecule has 12 heavy (non-hydrogen) atoms. The van der Waals surface area contributed by atoms with Crippen LogP contribution in [0.5, 0.6) is 0 Å². The molecule has 0 N–H and O–H groups in total. The number of hydrogen-bond acceptors (Lipinski definition) is 1. The lowest BCUT2D eigenvalue weighted by Gasteiger charge is -2.15. The first kappa shape index (κ1) is 8.83. The molecule has 2 fully saturated rings. The largest absolute Gasteiger partial charge is 0.303 e. The molecule has 0 bridgehead atoms. The predicted molar refractivity (Wildman–Crippen MR) is 52.6 cm³/mol. The lowest BCUT2D eigenvalue weighted by atomic mass is 10.0. The minimum Gasteiger partial charge on any atom is -0.303 e. The zero-order valence-electron chi connectivity index (χ0n) is 7.64. The molecule has 1 saturated carbocycles. The molecule has 0 amide bonds. The molecule has 70 valence electrons. The molecule has 0 spiro atoms. The third-order valence-electron chi connectivity index (χ3n) is 3.41. The van der Waals surface area contributed by atoms with Crippen LogP contribution in [0.4, 0.5) is 0 Å². The van der Waals surface area contributed by atoms with Crippen LogP contribution < -0.4 is 0 Å². The Morgan fingerprint density at radius 1 is 1.17 bits per heavy atom. The quantitative estimate of drug-likeness (QED) is 0.614. The van der Waals surface area contributed by atoms with Gasteiger partial charge >= 0.3 is 0 Å². The monoisotopic (exact) mass is 187 g/mol. The van der Waals surface area contributed by atoms with Crippen molar-refractivity contribution in [3.63, 3.8) is 0 Å². The van der Waals surface area contributed by atoms with Crippen LogP contribution in [0.2, 0.25) is 0 Å². The van der Waals surface area contributed by atoms with E-state index in [0.717, 1.165) is 17.7 Å². The Balaban J connectivity index is 1.75. The lowest BCUT2D eigenvalue weighted by Crippen LogP contribution is -2.23. The Labute approximate surface area is 80.1 Å². The van der Waals surface area contributed by atoms with Gasteiger partial charge in [0.2, 0.25) is 0 Å². The molecule has 1 aliphatic heterocycles. The van der Waals surface area contributed by atoms with E-state index in [9.17, 15) is 0 Å². The molecule has 1 heterocycles. The molecule has 0 aromatic heterocycles. The van der Waals surface area contributed by atoms with Gasteiger partial charge in [0.1, 0.15) is 0 Å². The van der Waals surface area contributed by atoms with Gasteiger partial charge in [-0.3, -0.25) is 0 Å². The summed E-state index contributed by atoms with van der Waals surface area (Å²) in [5, 5.41) is 0. The van der Waals surface area contributed by atoms with Crippen molar-refractivity contribution >= 4 is 11.6 Å². The maximum absolute atomic E-state index is 5.67. The Morgan fingerprint density at radius 2 is 1.83 bits per heavy atom. The predicted octanol–water partition coefficient (Wildman–Crippen LogP) is 2.35. The van der Waals surface area contributed by atoms with E-state index in [1.807, 2.05) is 0 Å². The van der Waals surface area contributed by atoms with Gasteiger partial charge in [-0.15, -0.1) is 11.6 Å². The number of fused-ring (bicyclic) bond motifs is 1. The molecule has 0 aromatic rings. The fraction of sp³-hybridized carbons (Fsp3) is 1.00. The van der Waals surface area contributed by atoms with Crippen molar-refractivity contribution in [3.8, 4) is 0 Å². The van der Waals surface area contributed by atoms with Crippen molar-refractivity contribution in [2.45, 2.75) is 25.7 Å². The Morgan fingerprint density at radius 3 is 2.42 bits per heavy atom. The molecular formula is C10H18ClN. The minimum atomic E-state index is 0.825.